The highest BCUT2D eigenvalue weighted by Crippen LogP contribution is 2.38. The maximum Gasteiger partial charge on any atom is 0.274 e. The zero-order valence-corrected chi connectivity index (χ0v) is 13.7. The number of carbonyl (C=O) groups is 1. The standard InChI is InChI=1S/C18H18FN3O3/c19-13-1-3-14(4-2-13)22-16(23)6-5-15(20-22)17(24)21-9-7-18(11-21)8-10-25-12-18/h1-6H,7-12H2. The Hall–Kier alpha value is -2.54. The van der Waals surface area contributed by atoms with E-state index in [1.54, 1.807) is 4.90 Å². The molecule has 25 heavy (non-hydrogen) atoms. The van der Waals surface area contributed by atoms with Crippen LogP contribution in [0.5, 0.6) is 0 Å². The van der Waals surface area contributed by atoms with Crippen LogP contribution in [0.3, 0.4) is 0 Å². The highest BCUT2D eigenvalue weighted by molar-refractivity contribution is 5.92. The molecule has 3 heterocycles. The van der Waals surface area contributed by atoms with E-state index < -0.39 is 5.82 Å². The Morgan fingerprint density at radius 1 is 1.16 bits per heavy atom. The van der Waals surface area contributed by atoms with Crippen molar-refractivity contribution in [2.45, 2.75) is 12.8 Å². The molecular weight excluding hydrogens is 325 g/mol. The van der Waals surface area contributed by atoms with Crippen LogP contribution < -0.4 is 5.56 Å². The number of carbonyl (C=O) groups excluding carboxylic acids is 1. The zero-order valence-electron chi connectivity index (χ0n) is 13.7. The maximum atomic E-state index is 13.1. The summed E-state index contributed by atoms with van der Waals surface area (Å²) in [5.74, 6) is -0.593. The molecule has 4 rings (SSSR count). The van der Waals surface area contributed by atoms with Gasteiger partial charge in [-0.25, -0.2) is 4.39 Å². The number of nitrogens with zero attached hydrogens (tertiary/aromatic N) is 3. The molecule has 130 valence electrons. The number of amides is 1. The average Bonchev–Trinajstić information content (AvgIpc) is 3.26. The van der Waals surface area contributed by atoms with E-state index in [1.807, 2.05) is 0 Å². The summed E-state index contributed by atoms with van der Waals surface area (Å²) >= 11 is 0. The third-order valence-electron chi connectivity index (χ3n) is 5.00. The summed E-state index contributed by atoms with van der Waals surface area (Å²) in [6.45, 7) is 2.76. The number of rotatable bonds is 2. The van der Waals surface area contributed by atoms with Gasteiger partial charge >= 0.3 is 0 Å². The fraction of sp³-hybridized carbons (Fsp3) is 0.389. The summed E-state index contributed by atoms with van der Waals surface area (Å²) in [5.41, 5.74) is 0.328. The van der Waals surface area contributed by atoms with E-state index in [0.29, 0.717) is 25.4 Å². The quantitative estimate of drug-likeness (QED) is 0.831. The van der Waals surface area contributed by atoms with Crippen LogP contribution in [0, 0.1) is 11.2 Å². The van der Waals surface area contributed by atoms with Crippen molar-refractivity contribution in [2.75, 3.05) is 26.3 Å². The first-order valence-electron chi connectivity index (χ1n) is 8.30. The molecule has 1 aromatic carbocycles. The summed E-state index contributed by atoms with van der Waals surface area (Å²) in [7, 11) is 0. The Kier molecular flexibility index (Phi) is 3.88. The van der Waals surface area contributed by atoms with Crippen molar-refractivity contribution in [3.05, 3.63) is 58.3 Å². The normalized spacial score (nSPS) is 22.7. The molecule has 6 nitrogen and oxygen atoms in total. The van der Waals surface area contributed by atoms with Crippen molar-refractivity contribution in [2.24, 2.45) is 5.41 Å². The molecule has 2 fully saturated rings. The van der Waals surface area contributed by atoms with Crippen LogP contribution in [-0.4, -0.2) is 46.9 Å². The average molecular weight is 343 g/mol. The smallest absolute Gasteiger partial charge is 0.274 e. The van der Waals surface area contributed by atoms with Crippen LogP contribution in [0.4, 0.5) is 4.39 Å². The lowest BCUT2D eigenvalue weighted by Gasteiger charge is -2.21. The van der Waals surface area contributed by atoms with Crippen LogP contribution in [0.25, 0.3) is 5.69 Å². The minimum atomic E-state index is -0.398. The Bertz CT molecular complexity index is 857. The second-order valence-corrected chi connectivity index (χ2v) is 6.72. The van der Waals surface area contributed by atoms with E-state index in [4.69, 9.17) is 4.74 Å². The van der Waals surface area contributed by atoms with E-state index in [0.717, 1.165) is 24.1 Å². The predicted octanol–water partition coefficient (Wildman–Crippen LogP) is 1.62. The van der Waals surface area contributed by atoms with Gasteiger partial charge in [0.25, 0.3) is 11.5 Å². The molecule has 7 heteroatoms. The molecule has 1 aromatic heterocycles. The van der Waals surface area contributed by atoms with Gasteiger partial charge in [0.15, 0.2) is 0 Å². The Balaban J connectivity index is 1.60. The van der Waals surface area contributed by atoms with E-state index >= 15 is 0 Å². The van der Waals surface area contributed by atoms with Crippen molar-refractivity contribution in [3.8, 4) is 5.69 Å². The first-order chi connectivity index (χ1) is 12.1. The van der Waals surface area contributed by atoms with Gasteiger partial charge in [0.1, 0.15) is 11.5 Å². The van der Waals surface area contributed by atoms with Crippen LogP contribution in [0.15, 0.2) is 41.2 Å². The van der Waals surface area contributed by atoms with Crippen molar-refractivity contribution < 1.29 is 13.9 Å². The van der Waals surface area contributed by atoms with Gasteiger partial charge in [-0.2, -0.15) is 9.78 Å². The van der Waals surface area contributed by atoms with Gasteiger partial charge in [-0.3, -0.25) is 9.59 Å². The van der Waals surface area contributed by atoms with E-state index in [-0.39, 0.29) is 22.6 Å². The number of benzene rings is 1. The van der Waals surface area contributed by atoms with Crippen LogP contribution in [0.1, 0.15) is 23.3 Å². The zero-order chi connectivity index (χ0) is 17.4. The molecule has 2 aliphatic rings. The second-order valence-electron chi connectivity index (χ2n) is 6.72. The molecule has 2 saturated heterocycles. The van der Waals surface area contributed by atoms with Crippen molar-refractivity contribution in [1.82, 2.24) is 14.7 Å². The number of aromatic nitrogens is 2. The van der Waals surface area contributed by atoms with Crippen LogP contribution in [-0.2, 0) is 4.74 Å². The summed E-state index contributed by atoms with van der Waals surface area (Å²) in [6.07, 6.45) is 1.90. The first kappa shape index (κ1) is 16.0. The number of ether oxygens (including phenoxy) is 1. The molecule has 0 saturated carbocycles. The largest absolute Gasteiger partial charge is 0.381 e. The molecule has 1 amide bonds. The molecule has 1 atom stereocenters. The van der Waals surface area contributed by atoms with E-state index in [1.165, 1.54) is 36.4 Å². The molecule has 1 spiro atoms. The highest BCUT2D eigenvalue weighted by Gasteiger charge is 2.43. The molecule has 0 aliphatic carbocycles. The van der Waals surface area contributed by atoms with Crippen LogP contribution >= 0.6 is 0 Å². The molecule has 0 bridgehead atoms. The molecule has 0 radical (unpaired) electrons. The van der Waals surface area contributed by atoms with Gasteiger partial charge in [0, 0.05) is 31.2 Å². The summed E-state index contributed by atoms with van der Waals surface area (Å²) in [5, 5.41) is 4.19. The lowest BCUT2D eigenvalue weighted by atomic mass is 9.87. The minimum Gasteiger partial charge on any atom is -0.381 e. The highest BCUT2D eigenvalue weighted by atomic mass is 19.1. The Labute approximate surface area is 143 Å². The van der Waals surface area contributed by atoms with Gasteiger partial charge < -0.3 is 9.64 Å². The summed E-state index contributed by atoms with van der Waals surface area (Å²) in [6, 6.07) is 8.18. The predicted molar refractivity (Wildman–Crippen MR) is 88.2 cm³/mol. The number of halogens is 1. The SMILES string of the molecule is O=C(c1ccc(=O)n(-c2ccc(F)cc2)n1)N1CCC2(CCOC2)C1. The fourth-order valence-corrected chi connectivity index (χ4v) is 3.53. The molecule has 2 aromatic rings. The minimum absolute atomic E-state index is 0.0705. The molecule has 2 aliphatic heterocycles. The number of hydrogen-bond donors (Lipinski definition) is 0. The topological polar surface area (TPSA) is 64.4 Å². The van der Waals surface area contributed by atoms with Crippen molar-refractivity contribution >= 4 is 5.91 Å². The molecule has 1 unspecified atom stereocenters. The summed E-state index contributed by atoms with van der Waals surface area (Å²) in [4.78, 5) is 26.6. The van der Waals surface area contributed by atoms with E-state index in [9.17, 15) is 14.0 Å². The monoisotopic (exact) mass is 343 g/mol. The first-order valence-corrected chi connectivity index (χ1v) is 8.30. The van der Waals surface area contributed by atoms with Crippen LogP contribution in [0.2, 0.25) is 0 Å². The van der Waals surface area contributed by atoms with Crippen molar-refractivity contribution in [3.63, 3.8) is 0 Å². The lowest BCUT2D eigenvalue weighted by Crippen LogP contribution is -2.34. The Morgan fingerprint density at radius 2 is 1.96 bits per heavy atom. The fourth-order valence-electron chi connectivity index (χ4n) is 3.53. The van der Waals surface area contributed by atoms with E-state index in [2.05, 4.69) is 5.10 Å². The Morgan fingerprint density at radius 3 is 2.68 bits per heavy atom. The van der Waals surface area contributed by atoms with Gasteiger partial charge in [-0.05, 0) is 43.2 Å². The number of hydrogen-bond acceptors (Lipinski definition) is 4. The third kappa shape index (κ3) is 2.95. The van der Waals surface area contributed by atoms with Crippen molar-refractivity contribution in [1.29, 1.82) is 0 Å². The lowest BCUT2D eigenvalue weighted by molar-refractivity contribution is 0.0758. The van der Waals surface area contributed by atoms with Gasteiger partial charge in [-0.1, -0.05) is 0 Å². The maximum absolute atomic E-state index is 13.1. The molecule has 0 N–H and O–H groups in total. The van der Waals surface area contributed by atoms with Gasteiger partial charge in [0.05, 0.1) is 12.3 Å². The van der Waals surface area contributed by atoms with Gasteiger partial charge in [0.2, 0.25) is 0 Å². The molecular formula is C18H18FN3O3. The van der Waals surface area contributed by atoms with Gasteiger partial charge in [-0.15, -0.1) is 0 Å². The number of likely N-dealkylation sites (tertiary alicyclic amines) is 1. The second kappa shape index (κ2) is 6.07. The third-order valence-corrected chi connectivity index (χ3v) is 5.00. The summed E-state index contributed by atoms with van der Waals surface area (Å²) < 4.78 is 19.7.